The first-order chi connectivity index (χ1) is 10.1. The minimum atomic E-state index is -0.292. The van der Waals surface area contributed by atoms with E-state index in [-0.39, 0.29) is 17.9 Å². The summed E-state index contributed by atoms with van der Waals surface area (Å²) in [6.07, 6.45) is 0.873. The number of benzene rings is 2. The number of carbonyl (C=O) groups excluding carboxylic acids is 1. The third-order valence-electron chi connectivity index (χ3n) is 3.82. The molecule has 0 saturated carbocycles. The second-order valence-corrected chi connectivity index (χ2v) is 5.26. The molecule has 0 spiro atoms. The first-order valence-corrected chi connectivity index (χ1v) is 7.06. The van der Waals surface area contributed by atoms with E-state index in [4.69, 9.17) is 0 Å². The fourth-order valence-electron chi connectivity index (χ4n) is 2.67. The molecule has 1 unspecified atom stereocenters. The van der Waals surface area contributed by atoms with Gasteiger partial charge in [-0.3, -0.25) is 4.90 Å². The van der Waals surface area contributed by atoms with Crippen molar-refractivity contribution >= 4 is 11.7 Å². The summed E-state index contributed by atoms with van der Waals surface area (Å²) in [7, 11) is 0. The fourth-order valence-corrected chi connectivity index (χ4v) is 2.67. The quantitative estimate of drug-likeness (QED) is 0.896. The number of hydrogen-bond donors (Lipinski definition) is 1. The summed E-state index contributed by atoms with van der Waals surface area (Å²) in [5.74, 6) is -0.292. The van der Waals surface area contributed by atoms with Crippen LogP contribution in [0.5, 0.6) is 0 Å². The molecule has 3 nitrogen and oxygen atoms in total. The van der Waals surface area contributed by atoms with Gasteiger partial charge in [0.1, 0.15) is 5.82 Å². The Balaban J connectivity index is 1.73. The number of fused-ring (bicyclic) bond motifs is 1. The van der Waals surface area contributed by atoms with Gasteiger partial charge in [-0.2, -0.15) is 0 Å². The minimum Gasteiger partial charge on any atom is -0.331 e. The Morgan fingerprint density at radius 3 is 2.86 bits per heavy atom. The molecule has 0 aliphatic carbocycles. The van der Waals surface area contributed by atoms with Crippen LogP contribution < -0.4 is 10.2 Å². The van der Waals surface area contributed by atoms with Gasteiger partial charge in [-0.25, -0.2) is 9.18 Å². The van der Waals surface area contributed by atoms with Crippen molar-refractivity contribution in [2.75, 3.05) is 11.4 Å². The average molecular weight is 284 g/mol. The van der Waals surface area contributed by atoms with Gasteiger partial charge in [-0.15, -0.1) is 0 Å². The van der Waals surface area contributed by atoms with E-state index in [9.17, 15) is 9.18 Å². The number of nitrogens with one attached hydrogen (secondary N) is 1. The lowest BCUT2D eigenvalue weighted by molar-refractivity contribution is 0.244. The predicted molar refractivity (Wildman–Crippen MR) is 80.8 cm³/mol. The molecule has 108 valence electrons. The Morgan fingerprint density at radius 2 is 2.05 bits per heavy atom. The highest BCUT2D eigenvalue weighted by Crippen LogP contribution is 2.27. The van der Waals surface area contributed by atoms with E-state index >= 15 is 0 Å². The number of amides is 2. The second kappa shape index (κ2) is 5.56. The van der Waals surface area contributed by atoms with Gasteiger partial charge in [0.25, 0.3) is 0 Å². The molecule has 0 saturated heterocycles. The molecule has 1 aliphatic rings. The van der Waals surface area contributed by atoms with Gasteiger partial charge >= 0.3 is 6.03 Å². The zero-order chi connectivity index (χ0) is 14.8. The van der Waals surface area contributed by atoms with Crippen LogP contribution >= 0.6 is 0 Å². The van der Waals surface area contributed by atoms with Gasteiger partial charge in [-0.1, -0.05) is 30.3 Å². The molecule has 2 aromatic rings. The van der Waals surface area contributed by atoms with Crippen molar-refractivity contribution in [3.05, 3.63) is 65.5 Å². The Kier molecular flexibility index (Phi) is 3.60. The normalized spacial score (nSPS) is 14.7. The molecule has 1 atom stereocenters. The van der Waals surface area contributed by atoms with Crippen molar-refractivity contribution in [3.63, 3.8) is 0 Å². The number of anilines is 1. The summed E-state index contributed by atoms with van der Waals surface area (Å²) in [6.45, 7) is 2.54. The lowest BCUT2D eigenvalue weighted by atomic mass is 10.1. The number of urea groups is 1. The lowest BCUT2D eigenvalue weighted by Gasteiger charge is -2.21. The van der Waals surface area contributed by atoms with Gasteiger partial charge in [-0.05, 0) is 42.7 Å². The lowest BCUT2D eigenvalue weighted by Crippen LogP contribution is -2.40. The number of halogens is 1. The maximum absolute atomic E-state index is 13.2. The standard InChI is InChI=1S/C17H17FN2O/c1-12(14-6-4-7-15(18)11-14)19-17(21)20-10-9-13-5-2-3-8-16(13)20/h2-8,11-12H,9-10H2,1H3,(H,19,21). The molecule has 1 N–H and O–H groups in total. The maximum atomic E-state index is 13.2. The van der Waals surface area contributed by atoms with E-state index in [0.29, 0.717) is 6.54 Å². The van der Waals surface area contributed by atoms with Crippen LogP contribution in [0.15, 0.2) is 48.5 Å². The Bertz CT molecular complexity index is 671. The average Bonchev–Trinajstić information content (AvgIpc) is 2.91. The molecular weight excluding hydrogens is 267 g/mol. The van der Waals surface area contributed by atoms with Crippen LogP contribution in [0.2, 0.25) is 0 Å². The van der Waals surface area contributed by atoms with Crippen LogP contribution in [0.1, 0.15) is 24.1 Å². The van der Waals surface area contributed by atoms with Crippen molar-refractivity contribution in [3.8, 4) is 0 Å². The summed E-state index contributed by atoms with van der Waals surface area (Å²) in [5, 5.41) is 2.93. The summed E-state index contributed by atoms with van der Waals surface area (Å²) >= 11 is 0. The zero-order valence-electron chi connectivity index (χ0n) is 11.8. The van der Waals surface area contributed by atoms with Gasteiger partial charge in [0, 0.05) is 12.2 Å². The fraction of sp³-hybridized carbons (Fsp3) is 0.235. The minimum absolute atomic E-state index is 0.142. The van der Waals surface area contributed by atoms with E-state index in [1.54, 1.807) is 11.0 Å². The van der Waals surface area contributed by atoms with Gasteiger partial charge < -0.3 is 5.32 Å². The van der Waals surface area contributed by atoms with Crippen LogP contribution in [-0.2, 0) is 6.42 Å². The number of para-hydroxylation sites is 1. The molecule has 2 amide bonds. The maximum Gasteiger partial charge on any atom is 0.322 e. The molecule has 0 fully saturated rings. The van der Waals surface area contributed by atoms with Crippen molar-refractivity contribution in [2.45, 2.75) is 19.4 Å². The Hall–Kier alpha value is -2.36. The number of rotatable bonds is 2. The predicted octanol–water partition coefficient (Wildman–Crippen LogP) is 3.66. The second-order valence-electron chi connectivity index (χ2n) is 5.26. The van der Waals surface area contributed by atoms with Crippen molar-refractivity contribution in [1.29, 1.82) is 0 Å². The molecule has 4 heteroatoms. The van der Waals surface area contributed by atoms with Gasteiger partial charge in [0.2, 0.25) is 0 Å². The van der Waals surface area contributed by atoms with E-state index in [2.05, 4.69) is 5.32 Å². The van der Waals surface area contributed by atoms with E-state index < -0.39 is 0 Å². The topological polar surface area (TPSA) is 32.3 Å². The first-order valence-electron chi connectivity index (χ1n) is 7.06. The van der Waals surface area contributed by atoms with Crippen molar-refractivity contribution in [1.82, 2.24) is 5.32 Å². The highest BCUT2D eigenvalue weighted by molar-refractivity contribution is 5.94. The summed E-state index contributed by atoms with van der Waals surface area (Å²) < 4.78 is 13.2. The first kappa shape index (κ1) is 13.6. The molecular formula is C17H17FN2O. The smallest absolute Gasteiger partial charge is 0.322 e. The highest BCUT2D eigenvalue weighted by atomic mass is 19.1. The molecule has 0 aromatic heterocycles. The van der Waals surface area contributed by atoms with E-state index in [1.165, 1.54) is 17.7 Å². The highest BCUT2D eigenvalue weighted by Gasteiger charge is 2.25. The molecule has 1 heterocycles. The van der Waals surface area contributed by atoms with Crippen LogP contribution in [0.25, 0.3) is 0 Å². The van der Waals surface area contributed by atoms with Crippen molar-refractivity contribution in [2.24, 2.45) is 0 Å². The third-order valence-corrected chi connectivity index (χ3v) is 3.82. The SMILES string of the molecule is CC(NC(=O)N1CCc2ccccc21)c1cccc(F)c1. The van der Waals surface area contributed by atoms with E-state index in [1.807, 2.05) is 37.3 Å². The van der Waals surface area contributed by atoms with Crippen LogP contribution in [0.3, 0.4) is 0 Å². The number of hydrogen-bond acceptors (Lipinski definition) is 1. The van der Waals surface area contributed by atoms with Crippen LogP contribution in [0.4, 0.5) is 14.9 Å². The number of carbonyl (C=O) groups is 1. The van der Waals surface area contributed by atoms with Crippen molar-refractivity contribution < 1.29 is 9.18 Å². The monoisotopic (exact) mass is 284 g/mol. The van der Waals surface area contributed by atoms with Gasteiger partial charge in [0.15, 0.2) is 0 Å². The van der Waals surface area contributed by atoms with E-state index in [0.717, 1.165) is 17.7 Å². The molecule has 0 bridgehead atoms. The third kappa shape index (κ3) is 2.75. The molecule has 1 aliphatic heterocycles. The van der Waals surface area contributed by atoms with Crippen LogP contribution in [0, 0.1) is 5.82 Å². The summed E-state index contributed by atoms with van der Waals surface area (Å²) in [4.78, 5) is 14.1. The zero-order valence-corrected chi connectivity index (χ0v) is 11.8. The summed E-state index contributed by atoms with van der Waals surface area (Å²) in [6, 6.07) is 13.8. The molecule has 21 heavy (non-hydrogen) atoms. The molecule has 3 rings (SSSR count). The van der Waals surface area contributed by atoms with Gasteiger partial charge in [0.05, 0.1) is 6.04 Å². The Morgan fingerprint density at radius 1 is 1.24 bits per heavy atom. The molecule has 0 radical (unpaired) electrons. The largest absolute Gasteiger partial charge is 0.331 e. The Labute approximate surface area is 123 Å². The summed E-state index contributed by atoms with van der Waals surface area (Å²) in [5.41, 5.74) is 2.91. The molecule has 2 aromatic carbocycles. The van der Waals surface area contributed by atoms with Crippen LogP contribution in [-0.4, -0.2) is 12.6 Å². The number of nitrogens with zero attached hydrogens (tertiary/aromatic N) is 1.